The molecule has 6 nitrogen and oxygen atoms in total. The summed E-state index contributed by atoms with van der Waals surface area (Å²) in [6.07, 6.45) is 4.92. The van der Waals surface area contributed by atoms with Crippen LogP contribution in [0.3, 0.4) is 0 Å². The first kappa shape index (κ1) is 15.9. The molecule has 1 heterocycles. The Hall–Kier alpha value is -2.02. The molecule has 0 spiro atoms. The number of carbonyl (C=O) groups is 1. The Bertz CT molecular complexity index is 637. The molecule has 0 bridgehead atoms. The number of rotatable bonds is 4. The average Bonchev–Trinajstić information content (AvgIpc) is 2.86. The highest BCUT2D eigenvalue weighted by molar-refractivity contribution is 5.80. The lowest BCUT2D eigenvalue weighted by atomic mass is 9.84. The second kappa shape index (κ2) is 6.23. The summed E-state index contributed by atoms with van der Waals surface area (Å²) in [6.45, 7) is 0.183. The normalized spacial score (nSPS) is 27.6. The highest BCUT2D eigenvalue weighted by Gasteiger charge is 2.44. The van der Waals surface area contributed by atoms with Gasteiger partial charge in [-0.05, 0) is 37.3 Å². The van der Waals surface area contributed by atoms with Crippen molar-refractivity contribution >= 4 is 11.6 Å². The summed E-state index contributed by atoms with van der Waals surface area (Å²) in [4.78, 5) is 24.4. The Labute approximate surface area is 133 Å². The molecule has 2 fully saturated rings. The van der Waals surface area contributed by atoms with Gasteiger partial charge in [0, 0.05) is 24.2 Å². The van der Waals surface area contributed by atoms with Crippen molar-refractivity contribution < 1.29 is 14.1 Å². The second-order valence-corrected chi connectivity index (χ2v) is 6.47. The van der Waals surface area contributed by atoms with Crippen LogP contribution in [-0.2, 0) is 11.3 Å². The number of benzene rings is 1. The molecule has 2 N–H and O–H groups in total. The van der Waals surface area contributed by atoms with Crippen LogP contribution < -0.4 is 5.73 Å². The van der Waals surface area contributed by atoms with E-state index < -0.39 is 22.7 Å². The standard InChI is InChI=1S/C16H20FN3O3/c17-12-5-6-14(20(22)23)11(7-12)9-19-13-4-2-1-3-10(13)8-15(19)16(18)21/h5-7,10,13,15H,1-4,8-9H2,(H2,18,21)/t10-,13-,15-/m0/s1. The van der Waals surface area contributed by atoms with E-state index in [1.165, 1.54) is 12.1 Å². The third kappa shape index (κ3) is 3.06. The molecule has 1 saturated carbocycles. The third-order valence-electron chi connectivity index (χ3n) is 5.14. The van der Waals surface area contributed by atoms with E-state index >= 15 is 0 Å². The molecule has 1 aliphatic heterocycles. The number of nitro benzene ring substituents is 1. The maximum atomic E-state index is 13.5. The molecule has 1 aliphatic carbocycles. The fraction of sp³-hybridized carbons (Fsp3) is 0.562. The van der Waals surface area contributed by atoms with Crippen LogP contribution in [0.25, 0.3) is 0 Å². The molecule has 0 radical (unpaired) electrons. The average molecular weight is 321 g/mol. The third-order valence-corrected chi connectivity index (χ3v) is 5.14. The summed E-state index contributed by atoms with van der Waals surface area (Å²) < 4.78 is 13.5. The van der Waals surface area contributed by atoms with Gasteiger partial charge in [-0.1, -0.05) is 12.8 Å². The summed E-state index contributed by atoms with van der Waals surface area (Å²) in [5, 5.41) is 11.2. The second-order valence-electron chi connectivity index (χ2n) is 6.47. The van der Waals surface area contributed by atoms with E-state index in [0.29, 0.717) is 17.9 Å². The largest absolute Gasteiger partial charge is 0.368 e. The lowest BCUT2D eigenvalue weighted by molar-refractivity contribution is -0.385. The van der Waals surface area contributed by atoms with Crippen LogP contribution in [0.2, 0.25) is 0 Å². The van der Waals surface area contributed by atoms with Gasteiger partial charge in [0.1, 0.15) is 5.82 Å². The van der Waals surface area contributed by atoms with Crippen LogP contribution in [0.1, 0.15) is 37.7 Å². The van der Waals surface area contributed by atoms with Crippen molar-refractivity contribution in [1.29, 1.82) is 0 Å². The molecule has 1 aromatic carbocycles. The Balaban J connectivity index is 1.91. The quantitative estimate of drug-likeness (QED) is 0.681. The molecule has 1 aromatic rings. The van der Waals surface area contributed by atoms with Crippen molar-refractivity contribution in [3.05, 3.63) is 39.7 Å². The van der Waals surface area contributed by atoms with Gasteiger partial charge in [0.25, 0.3) is 5.69 Å². The molecule has 3 rings (SSSR count). The zero-order valence-electron chi connectivity index (χ0n) is 12.8. The van der Waals surface area contributed by atoms with Crippen molar-refractivity contribution in [3.8, 4) is 0 Å². The van der Waals surface area contributed by atoms with Gasteiger partial charge in [-0.2, -0.15) is 0 Å². The number of nitrogens with two attached hydrogens (primary N) is 1. The van der Waals surface area contributed by atoms with E-state index in [-0.39, 0.29) is 18.3 Å². The monoisotopic (exact) mass is 321 g/mol. The molecule has 7 heteroatoms. The number of likely N-dealkylation sites (tertiary alicyclic amines) is 1. The minimum absolute atomic E-state index is 0.117. The first-order valence-corrected chi connectivity index (χ1v) is 7.95. The zero-order valence-corrected chi connectivity index (χ0v) is 12.8. The van der Waals surface area contributed by atoms with E-state index in [1.54, 1.807) is 0 Å². The van der Waals surface area contributed by atoms with Crippen molar-refractivity contribution in [3.63, 3.8) is 0 Å². The van der Waals surface area contributed by atoms with E-state index in [9.17, 15) is 19.3 Å². The van der Waals surface area contributed by atoms with Crippen LogP contribution in [0.15, 0.2) is 18.2 Å². The molecule has 2 aliphatic rings. The van der Waals surface area contributed by atoms with Crippen molar-refractivity contribution in [2.24, 2.45) is 11.7 Å². The van der Waals surface area contributed by atoms with Crippen molar-refractivity contribution in [1.82, 2.24) is 4.90 Å². The maximum Gasteiger partial charge on any atom is 0.274 e. The highest BCUT2D eigenvalue weighted by Crippen LogP contribution is 2.41. The molecule has 3 atom stereocenters. The summed E-state index contributed by atoms with van der Waals surface area (Å²) in [5.41, 5.74) is 5.72. The summed E-state index contributed by atoms with van der Waals surface area (Å²) in [5.74, 6) is -0.520. The van der Waals surface area contributed by atoms with Crippen molar-refractivity contribution in [2.45, 2.75) is 50.7 Å². The Morgan fingerprint density at radius 3 is 2.83 bits per heavy atom. The van der Waals surface area contributed by atoms with Gasteiger partial charge in [-0.25, -0.2) is 4.39 Å². The number of nitro groups is 1. The van der Waals surface area contributed by atoms with Gasteiger partial charge >= 0.3 is 0 Å². The van der Waals surface area contributed by atoms with Gasteiger partial charge in [0.15, 0.2) is 0 Å². The van der Waals surface area contributed by atoms with E-state index in [0.717, 1.165) is 31.7 Å². The summed E-state index contributed by atoms with van der Waals surface area (Å²) >= 11 is 0. The predicted molar refractivity (Wildman–Crippen MR) is 81.9 cm³/mol. The van der Waals surface area contributed by atoms with Gasteiger partial charge < -0.3 is 5.73 Å². The molecular formula is C16H20FN3O3. The van der Waals surface area contributed by atoms with Crippen LogP contribution >= 0.6 is 0 Å². The molecular weight excluding hydrogens is 301 g/mol. The maximum absolute atomic E-state index is 13.5. The number of hydrogen-bond donors (Lipinski definition) is 1. The number of nitrogens with zero attached hydrogens (tertiary/aromatic N) is 2. The number of carbonyl (C=O) groups excluding carboxylic acids is 1. The number of amides is 1. The molecule has 23 heavy (non-hydrogen) atoms. The lowest BCUT2D eigenvalue weighted by Crippen LogP contribution is -2.44. The summed E-state index contributed by atoms with van der Waals surface area (Å²) in [6, 6.07) is 3.22. The number of hydrogen-bond acceptors (Lipinski definition) is 4. The first-order valence-electron chi connectivity index (χ1n) is 7.95. The minimum atomic E-state index is -0.513. The van der Waals surface area contributed by atoms with Crippen LogP contribution in [0, 0.1) is 21.8 Å². The Morgan fingerprint density at radius 2 is 2.13 bits per heavy atom. The topological polar surface area (TPSA) is 89.5 Å². The smallest absolute Gasteiger partial charge is 0.274 e. The fourth-order valence-electron chi connectivity index (χ4n) is 4.12. The minimum Gasteiger partial charge on any atom is -0.368 e. The Kier molecular flexibility index (Phi) is 4.30. The van der Waals surface area contributed by atoms with E-state index in [4.69, 9.17) is 5.73 Å². The van der Waals surface area contributed by atoms with Gasteiger partial charge in [0.05, 0.1) is 11.0 Å². The van der Waals surface area contributed by atoms with E-state index in [2.05, 4.69) is 0 Å². The Morgan fingerprint density at radius 1 is 1.39 bits per heavy atom. The number of fused-ring (bicyclic) bond motifs is 1. The number of primary amides is 1. The number of halogens is 1. The van der Waals surface area contributed by atoms with Crippen molar-refractivity contribution in [2.75, 3.05) is 0 Å². The SMILES string of the molecule is NC(=O)[C@@H]1C[C@@H]2CCCC[C@@H]2N1Cc1cc(F)ccc1[N+](=O)[O-]. The molecule has 1 amide bonds. The lowest BCUT2D eigenvalue weighted by Gasteiger charge is -2.33. The first-order chi connectivity index (χ1) is 11.0. The van der Waals surface area contributed by atoms with Gasteiger partial charge in [-0.3, -0.25) is 19.8 Å². The van der Waals surface area contributed by atoms with Crippen LogP contribution in [0.5, 0.6) is 0 Å². The summed E-state index contributed by atoms with van der Waals surface area (Å²) in [7, 11) is 0. The van der Waals surface area contributed by atoms with Gasteiger partial charge in [-0.15, -0.1) is 0 Å². The van der Waals surface area contributed by atoms with Crippen LogP contribution in [-0.4, -0.2) is 27.8 Å². The molecule has 124 valence electrons. The fourth-order valence-corrected chi connectivity index (χ4v) is 4.12. The van der Waals surface area contributed by atoms with E-state index in [1.807, 2.05) is 4.90 Å². The molecule has 1 saturated heterocycles. The predicted octanol–water partition coefficient (Wildman–Crippen LogP) is 2.35. The molecule has 0 aromatic heterocycles. The van der Waals surface area contributed by atoms with Gasteiger partial charge in [0.2, 0.25) is 5.91 Å². The highest BCUT2D eigenvalue weighted by atomic mass is 19.1. The zero-order chi connectivity index (χ0) is 16.6. The van der Waals surface area contributed by atoms with Crippen LogP contribution in [0.4, 0.5) is 10.1 Å². The molecule has 0 unspecified atom stereocenters.